The molecule has 3 aromatic rings. The molecule has 0 spiro atoms. The fourth-order valence-corrected chi connectivity index (χ4v) is 2.69. The van der Waals surface area contributed by atoms with Crippen LogP contribution in [-0.2, 0) is 6.42 Å². The third kappa shape index (κ3) is 3.32. The van der Waals surface area contributed by atoms with Crippen LogP contribution in [0.25, 0.3) is 16.9 Å². The highest BCUT2D eigenvalue weighted by Gasteiger charge is 2.11. The minimum Gasteiger partial charge on any atom is -0.232 e. The van der Waals surface area contributed by atoms with E-state index in [0.717, 1.165) is 23.4 Å². The number of hydrogen-bond donors (Lipinski definition) is 0. The number of aromatic nitrogens is 2. The van der Waals surface area contributed by atoms with Gasteiger partial charge in [0.05, 0.1) is 11.4 Å². The highest BCUT2D eigenvalue weighted by Crippen LogP contribution is 2.24. The first-order valence-corrected chi connectivity index (χ1v) is 7.82. The van der Waals surface area contributed by atoms with Crippen molar-refractivity contribution in [1.29, 1.82) is 5.26 Å². The van der Waals surface area contributed by atoms with Crippen LogP contribution < -0.4 is 0 Å². The first kappa shape index (κ1) is 15.1. The van der Waals surface area contributed by atoms with Crippen LogP contribution >= 0.6 is 0 Å². The molecule has 1 aromatic heterocycles. The van der Waals surface area contributed by atoms with Crippen LogP contribution in [0.5, 0.6) is 0 Å². The lowest BCUT2D eigenvalue weighted by Crippen LogP contribution is -1.99. The van der Waals surface area contributed by atoms with Gasteiger partial charge < -0.3 is 0 Å². The van der Waals surface area contributed by atoms with Crippen molar-refractivity contribution in [2.45, 2.75) is 20.3 Å². The van der Waals surface area contributed by atoms with Gasteiger partial charge in [0.25, 0.3) is 0 Å². The Morgan fingerprint density at radius 1 is 1.04 bits per heavy atom. The molecule has 0 fully saturated rings. The van der Waals surface area contributed by atoms with Crippen molar-refractivity contribution in [2.75, 3.05) is 0 Å². The smallest absolute Gasteiger partial charge is 0.163 e. The molecule has 0 saturated heterocycles. The van der Waals surface area contributed by atoms with Gasteiger partial charge in [-0.3, -0.25) is 0 Å². The van der Waals surface area contributed by atoms with E-state index in [9.17, 15) is 5.26 Å². The Labute approximate surface area is 136 Å². The first-order chi connectivity index (χ1) is 11.2. The van der Waals surface area contributed by atoms with Gasteiger partial charge in [-0.2, -0.15) is 10.4 Å². The molecule has 3 rings (SSSR count). The Hall–Kier alpha value is -2.86. The van der Waals surface area contributed by atoms with Gasteiger partial charge in [0.2, 0.25) is 0 Å². The molecule has 3 nitrogen and oxygen atoms in total. The predicted octanol–water partition coefficient (Wildman–Crippen LogP) is 4.61. The van der Waals surface area contributed by atoms with E-state index in [1.54, 1.807) is 0 Å². The molecule has 2 aromatic carbocycles. The summed E-state index contributed by atoms with van der Waals surface area (Å²) in [6.07, 6.45) is 1.07. The molecular weight excluding hydrogens is 282 g/mol. The van der Waals surface area contributed by atoms with Gasteiger partial charge in [0.1, 0.15) is 6.07 Å². The van der Waals surface area contributed by atoms with Crippen LogP contribution in [0.15, 0.2) is 60.7 Å². The summed E-state index contributed by atoms with van der Waals surface area (Å²) in [7, 11) is 0. The summed E-state index contributed by atoms with van der Waals surface area (Å²) in [4.78, 5) is 0. The molecule has 1 heterocycles. The number of benzene rings is 2. The maximum atomic E-state index is 9.19. The van der Waals surface area contributed by atoms with Crippen LogP contribution in [0.4, 0.5) is 0 Å². The summed E-state index contributed by atoms with van der Waals surface area (Å²) in [5.74, 6) is 0.640. The quantitative estimate of drug-likeness (QED) is 0.706. The number of nitriles is 1. The SMILES string of the molecule is CC(C)Cc1ccc(-c2cc(C#N)nn2-c2ccccc2)cc1. The van der Waals surface area contributed by atoms with Gasteiger partial charge in [-0.1, -0.05) is 56.3 Å². The van der Waals surface area contributed by atoms with Gasteiger partial charge in [0, 0.05) is 11.6 Å². The van der Waals surface area contributed by atoms with Crippen LogP contribution in [0.2, 0.25) is 0 Å². The Morgan fingerprint density at radius 3 is 2.35 bits per heavy atom. The summed E-state index contributed by atoms with van der Waals surface area (Å²) < 4.78 is 1.83. The number of rotatable bonds is 4. The second-order valence-electron chi connectivity index (χ2n) is 6.07. The van der Waals surface area contributed by atoms with E-state index in [2.05, 4.69) is 49.3 Å². The van der Waals surface area contributed by atoms with E-state index in [1.165, 1.54) is 5.56 Å². The van der Waals surface area contributed by atoms with Crippen molar-refractivity contribution in [1.82, 2.24) is 9.78 Å². The topological polar surface area (TPSA) is 41.6 Å². The number of hydrogen-bond acceptors (Lipinski definition) is 2. The minimum absolute atomic E-state index is 0.426. The van der Waals surface area contributed by atoms with Crippen LogP contribution in [0, 0.1) is 17.2 Å². The van der Waals surface area contributed by atoms with Crippen molar-refractivity contribution in [2.24, 2.45) is 5.92 Å². The van der Waals surface area contributed by atoms with Crippen LogP contribution in [0.1, 0.15) is 25.1 Å². The standard InChI is InChI=1S/C20H19N3/c1-15(2)12-16-8-10-17(11-9-16)20-13-18(14-21)22-23(20)19-6-4-3-5-7-19/h3-11,13,15H,12H2,1-2H3. The molecule has 3 heteroatoms. The predicted molar refractivity (Wildman–Crippen MR) is 92.3 cm³/mol. The third-order valence-electron chi connectivity index (χ3n) is 3.72. The fourth-order valence-electron chi connectivity index (χ4n) is 2.69. The van der Waals surface area contributed by atoms with Crippen molar-refractivity contribution < 1.29 is 0 Å². The molecule has 0 radical (unpaired) electrons. The second kappa shape index (κ2) is 6.50. The lowest BCUT2D eigenvalue weighted by atomic mass is 10.0. The Balaban J connectivity index is 2.02. The molecule has 0 atom stereocenters. The fraction of sp³-hybridized carbons (Fsp3) is 0.200. The molecule has 0 amide bonds. The third-order valence-corrected chi connectivity index (χ3v) is 3.72. The summed E-state index contributed by atoms with van der Waals surface area (Å²) in [6, 6.07) is 22.4. The second-order valence-corrected chi connectivity index (χ2v) is 6.07. The van der Waals surface area contributed by atoms with Crippen molar-refractivity contribution in [3.63, 3.8) is 0 Å². The van der Waals surface area contributed by atoms with Crippen LogP contribution in [-0.4, -0.2) is 9.78 Å². The van der Waals surface area contributed by atoms with Gasteiger partial charge in [-0.15, -0.1) is 0 Å². The molecule has 0 saturated carbocycles. The van der Waals surface area contributed by atoms with Gasteiger partial charge in [0.15, 0.2) is 5.69 Å². The normalized spacial score (nSPS) is 10.7. The zero-order valence-corrected chi connectivity index (χ0v) is 13.4. The molecule has 114 valence electrons. The maximum absolute atomic E-state index is 9.19. The van der Waals surface area contributed by atoms with E-state index >= 15 is 0 Å². The molecular formula is C20H19N3. The summed E-state index contributed by atoms with van der Waals surface area (Å²) in [5.41, 5.74) is 4.71. The molecule has 0 bridgehead atoms. The Morgan fingerprint density at radius 2 is 1.74 bits per heavy atom. The Bertz CT molecular complexity index is 822. The van der Waals surface area contributed by atoms with E-state index < -0.39 is 0 Å². The average Bonchev–Trinajstić information content (AvgIpc) is 3.00. The zero-order valence-electron chi connectivity index (χ0n) is 13.4. The zero-order chi connectivity index (χ0) is 16.2. The summed E-state index contributed by atoms with van der Waals surface area (Å²) in [5, 5.41) is 13.6. The average molecular weight is 301 g/mol. The first-order valence-electron chi connectivity index (χ1n) is 7.82. The van der Waals surface area contributed by atoms with Crippen LogP contribution in [0.3, 0.4) is 0 Å². The minimum atomic E-state index is 0.426. The van der Waals surface area contributed by atoms with Gasteiger partial charge >= 0.3 is 0 Å². The largest absolute Gasteiger partial charge is 0.232 e. The van der Waals surface area contributed by atoms with E-state index in [1.807, 2.05) is 41.1 Å². The molecule has 0 N–H and O–H groups in total. The number of nitrogens with zero attached hydrogens (tertiary/aromatic N) is 3. The van der Waals surface area contributed by atoms with Crippen molar-refractivity contribution in [3.05, 3.63) is 71.9 Å². The van der Waals surface area contributed by atoms with E-state index in [4.69, 9.17) is 0 Å². The molecule has 0 aliphatic carbocycles. The van der Waals surface area contributed by atoms with E-state index in [0.29, 0.717) is 11.6 Å². The summed E-state index contributed by atoms with van der Waals surface area (Å²) in [6.45, 7) is 4.44. The maximum Gasteiger partial charge on any atom is 0.163 e. The Kier molecular flexibility index (Phi) is 4.25. The highest BCUT2D eigenvalue weighted by atomic mass is 15.3. The molecule has 0 aliphatic heterocycles. The van der Waals surface area contributed by atoms with Crippen molar-refractivity contribution >= 4 is 0 Å². The van der Waals surface area contributed by atoms with Crippen molar-refractivity contribution in [3.8, 4) is 23.0 Å². The lowest BCUT2D eigenvalue weighted by Gasteiger charge is -2.09. The van der Waals surface area contributed by atoms with Gasteiger partial charge in [-0.25, -0.2) is 4.68 Å². The molecule has 0 unspecified atom stereocenters. The molecule has 23 heavy (non-hydrogen) atoms. The van der Waals surface area contributed by atoms with E-state index in [-0.39, 0.29) is 0 Å². The lowest BCUT2D eigenvalue weighted by molar-refractivity contribution is 0.647. The van der Waals surface area contributed by atoms with Gasteiger partial charge in [-0.05, 0) is 30.0 Å². The summed E-state index contributed by atoms with van der Waals surface area (Å²) >= 11 is 0. The number of para-hydroxylation sites is 1. The highest BCUT2D eigenvalue weighted by molar-refractivity contribution is 5.64. The monoisotopic (exact) mass is 301 g/mol. The molecule has 0 aliphatic rings.